The number of piperidine rings is 2. The molecule has 164 valence electrons. The van der Waals surface area contributed by atoms with Crippen molar-refractivity contribution in [3.05, 3.63) is 35.4 Å². The Balaban J connectivity index is 1.52. The first-order valence-electron chi connectivity index (χ1n) is 10.2. The second-order valence-corrected chi connectivity index (χ2v) is 7.84. The van der Waals surface area contributed by atoms with Crippen molar-refractivity contribution >= 4 is 17.7 Å². The monoisotopic (exact) mass is 425 g/mol. The minimum atomic E-state index is -4.44. The van der Waals surface area contributed by atoms with E-state index in [4.69, 9.17) is 0 Å². The topological polar surface area (TPSA) is 69.7 Å². The van der Waals surface area contributed by atoms with Crippen molar-refractivity contribution in [2.24, 2.45) is 5.92 Å². The van der Waals surface area contributed by atoms with Gasteiger partial charge in [-0.2, -0.15) is 13.2 Å². The first kappa shape index (κ1) is 22.1. The molecule has 1 N–H and O–H groups in total. The Bertz CT molecular complexity index is 797. The third-order valence-electron chi connectivity index (χ3n) is 5.60. The molecule has 2 fully saturated rings. The smallest absolute Gasteiger partial charge is 0.354 e. The standard InChI is InChI=1S/C21H26F3N3O3/c22-21(23,24)17-5-3-4-15(12-17)13-27-14-16(7-8-19(27)29)20(30)25-9-11-26-10-2-1-6-18(26)28/h3-5,12,16H,1-2,6-11,13-14H2,(H,25,30)/t16-/m0/s1. The van der Waals surface area contributed by atoms with E-state index in [0.29, 0.717) is 38.0 Å². The summed E-state index contributed by atoms with van der Waals surface area (Å²) >= 11 is 0. The summed E-state index contributed by atoms with van der Waals surface area (Å²) in [4.78, 5) is 39.7. The molecule has 0 radical (unpaired) electrons. The molecule has 9 heteroatoms. The van der Waals surface area contributed by atoms with Crippen LogP contribution < -0.4 is 5.32 Å². The third-order valence-corrected chi connectivity index (χ3v) is 5.60. The van der Waals surface area contributed by atoms with Gasteiger partial charge in [0.25, 0.3) is 0 Å². The zero-order valence-corrected chi connectivity index (χ0v) is 16.7. The van der Waals surface area contributed by atoms with E-state index >= 15 is 0 Å². The zero-order valence-electron chi connectivity index (χ0n) is 16.7. The fourth-order valence-electron chi connectivity index (χ4n) is 3.90. The van der Waals surface area contributed by atoms with Gasteiger partial charge >= 0.3 is 6.18 Å². The van der Waals surface area contributed by atoms with Gasteiger partial charge in [0, 0.05) is 45.6 Å². The molecule has 0 aliphatic carbocycles. The predicted octanol–water partition coefficient (Wildman–Crippen LogP) is 2.57. The number of carbonyl (C=O) groups is 3. The Hall–Kier alpha value is -2.58. The lowest BCUT2D eigenvalue weighted by Crippen LogP contribution is -2.47. The Morgan fingerprint density at radius 1 is 1.10 bits per heavy atom. The van der Waals surface area contributed by atoms with Crippen LogP contribution in [0.1, 0.15) is 43.2 Å². The van der Waals surface area contributed by atoms with E-state index in [2.05, 4.69) is 5.32 Å². The van der Waals surface area contributed by atoms with Gasteiger partial charge in [-0.1, -0.05) is 12.1 Å². The SMILES string of the molecule is O=C(NCCN1CCCCC1=O)[C@H]1CCC(=O)N(Cc2cccc(C(F)(F)F)c2)C1. The molecule has 1 atom stereocenters. The van der Waals surface area contributed by atoms with Crippen LogP contribution in [0.3, 0.4) is 0 Å². The maximum Gasteiger partial charge on any atom is 0.416 e. The van der Waals surface area contributed by atoms with Crippen molar-refractivity contribution in [3.63, 3.8) is 0 Å². The Morgan fingerprint density at radius 3 is 2.60 bits per heavy atom. The molecule has 0 saturated carbocycles. The Kier molecular flexibility index (Phi) is 6.99. The van der Waals surface area contributed by atoms with Gasteiger partial charge in [-0.15, -0.1) is 0 Å². The molecule has 1 aromatic carbocycles. The molecule has 0 bridgehead atoms. The average Bonchev–Trinajstić information content (AvgIpc) is 2.70. The largest absolute Gasteiger partial charge is 0.416 e. The number of hydrogen-bond donors (Lipinski definition) is 1. The van der Waals surface area contributed by atoms with Crippen LogP contribution in [0.15, 0.2) is 24.3 Å². The van der Waals surface area contributed by atoms with Crippen molar-refractivity contribution < 1.29 is 27.6 Å². The van der Waals surface area contributed by atoms with Gasteiger partial charge < -0.3 is 15.1 Å². The minimum absolute atomic E-state index is 0.0365. The highest BCUT2D eigenvalue weighted by Crippen LogP contribution is 2.30. The highest BCUT2D eigenvalue weighted by molar-refractivity contribution is 5.84. The highest BCUT2D eigenvalue weighted by Gasteiger charge is 2.32. The van der Waals surface area contributed by atoms with Crippen LogP contribution in [-0.2, 0) is 27.1 Å². The number of alkyl halides is 3. The van der Waals surface area contributed by atoms with E-state index in [1.54, 1.807) is 11.0 Å². The molecule has 1 aromatic rings. The van der Waals surface area contributed by atoms with Gasteiger partial charge in [-0.25, -0.2) is 0 Å². The first-order valence-corrected chi connectivity index (χ1v) is 10.2. The van der Waals surface area contributed by atoms with Crippen molar-refractivity contribution in [3.8, 4) is 0 Å². The number of nitrogens with one attached hydrogen (secondary N) is 1. The van der Waals surface area contributed by atoms with Crippen LogP contribution >= 0.6 is 0 Å². The molecular formula is C21H26F3N3O3. The fourth-order valence-corrected chi connectivity index (χ4v) is 3.90. The molecule has 2 saturated heterocycles. The molecule has 30 heavy (non-hydrogen) atoms. The number of rotatable bonds is 6. The van der Waals surface area contributed by atoms with Crippen LogP contribution in [0.4, 0.5) is 13.2 Å². The summed E-state index contributed by atoms with van der Waals surface area (Å²) in [5.41, 5.74) is -0.381. The fraction of sp³-hybridized carbons (Fsp3) is 0.571. The second kappa shape index (κ2) is 9.49. The van der Waals surface area contributed by atoms with Gasteiger partial charge in [0.1, 0.15) is 0 Å². The first-order chi connectivity index (χ1) is 14.2. The van der Waals surface area contributed by atoms with Crippen molar-refractivity contribution in [1.82, 2.24) is 15.1 Å². The molecule has 2 aliphatic heterocycles. The Morgan fingerprint density at radius 2 is 1.87 bits per heavy atom. The lowest BCUT2D eigenvalue weighted by atomic mass is 9.96. The molecule has 0 aromatic heterocycles. The molecule has 0 unspecified atom stereocenters. The van der Waals surface area contributed by atoms with E-state index in [1.165, 1.54) is 11.0 Å². The number of likely N-dealkylation sites (tertiary alicyclic amines) is 2. The van der Waals surface area contributed by atoms with Crippen LogP contribution in [-0.4, -0.2) is 53.7 Å². The average molecular weight is 425 g/mol. The number of halogens is 3. The van der Waals surface area contributed by atoms with Crippen LogP contribution in [0.5, 0.6) is 0 Å². The highest BCUT2D eigenvalue weighted by atomic mass is 19.4. The number of hydrogen-bond acceptors (Lipinski definition) is 3. The van der Waals surface area contributed by atoms with E-state index in [1.807, 2.05) is 0 Å². The summed E-state index contributed by atoms with van der Waals surface area (Å²) in [5, 5.41) is 2.83. The maximum atomic E-state index is 12.9. The predicted molar refractivity (Wildman–Crippen MR) is 103 cm³/mol. The second-order valence-electron chi connectivity index (χ2n) is 7.84. The van der Waals surface area contributed by atoms with Crippen molar-refractivity contribution in [1.29, 1.82) is 0 Å². The number of nitrogens with zero attached hydrogens (tertiary/aromatic N) is 2. The van der Waals surface area contributed by atoms with Gasteiger partial charge in [-0.05, 0) is 37.0 Å². The van der Waals surface area contributed by atoms with Gasteiger partial charge in [-0.3, -0.25) is 14.4 Å². The molecule has 2 heterocycles. The van der Waals surface area contributed by atoms with Gasteiger partial charge in [0.15, 0.2) is 0 Å². The van der Waals surface area contributed by atoms with Crippen LogP contribution in [0, 0.1) is 5.92 Å². The number of amides is 3. The quantitative estimate of drug-likeness (QED) is 0.762. The molecule has 6 nitrogen and oxygen atoms in total. The van der Waals surface area contributed by atoms with Gasteiger partial charge in [0.2, 0.25) is 17.7 Å². The lowest BCUT2D eigenvalue weighted by Gasteiger charge is -2.32. The van der Waals surface area contributed by atoms with Crippen LogP contribution in [0.25, 0.3) is 0 Å². The summed E-state index contributed by atoms with van der Waals surface area (Å²) in [6.45, 7) is 1.72. The minimum Gasteiger partial charge on any atom is -0.354 e. The summed E-state index contributed by atoms with van der Waals surface area (Å²) in [6.07, 6.45) is -1.44. The summed E-state index contributed by atoms with van der Waals surface area (Å²) in [7, 11) is 0. The molecule has 3 rings (SSSR count). The van der Waals surface area contributed by atoms with E-state index < -0.39 is 17.7 Å². The van der Waals surface area contributed by atoms with E-state index in [-0.39, 0.29) is 37.2 Å². The molecule has 2 aliphatic rings. The number of benzene rings is 1. The third kappa shape index (κ3) is 5.73. The van der Waals surface area contributed by atoms with Crippen molar-refractivity contribution in [2.75, 3.05) is 26.2 Å². The van der Waals surface area contributed by atoms with Crippen LogP contribution in [0.2, 0.25) is 0 Å². The van der Waals surface area contributed by atoms with E-state index in [9.17, 15) is 27.6 Å². The van der Waals surface area contributed by atoms with E-state index in [0.717, 1.165) is 25.0 Å². The zero-order chi connectivity index (χ0) is 21.7. The Labute approximate surface area is 173 Å². The molecule has 0 spiro atoms. The summed E-state index contributed by atoms with van der Waals surface area (Å²) in [5.74, 6) is -0.673. The summed E-state index contributed by atoms with van der Waals surface area (Å²) in [6, 6.07) is 4.89. The van der Waals surface area contributed by atoms with Gasteiger partial charge in [0.05, 0.1) is 11.5 Å². The number of carbonyl (C=O) groups excluding carboxylic acids is 3. The maximum absolute atomic E-state index is 12.9. The normalized spacial score (nSPS) is 20.4. The summed E-state index contributed by atoms with van der Waals surface area (Å²) < 4.78 is 38.7. The lowest BCUT2D eigenvalue weighted by molar-refractivity contribution is -0.139. The molecule has 3 amide bonds. The van der Waals surface area contributed by atoms with Crippen molar-refractivity contribution in [2.45, 2.75) is 44.8 Å². The molecular weight excluding hydrogens is 399 g/mol.